The number of anilines is 1. The molecule has 0 saturated heterocycles. The second-order valence-electron chi connectivity index (χ2n) is 5.14. The maximum Gasteiger partial charge on any atom is 0.0781 e. The Morgan fingerprint density at radius 1 is 1.15 bits per heavy atom. The molecular formula is C17H19NOS. The summed E-state index contributed by atoms with van der Waals surface area (Å²) in [5, 5.41) is 13.5. The first kappa shape index (κ1) is 13.5. The van der Waals surface area contributed by atoms with Gasteiger partial charge in [-0.3, -0.25) is 0 Å². The first-order valence-electron chi connectivity index (χ1n) is 7.01. The number of benzene rings is 2. The standard InChI is InChI=1S/C17H19NOS/c1-12(19)13-6-2-4-8-15(13)18-16-10-11-20-17-9-5-3-7-14(16)17/h2-9,12,16,18-19H,10-11H2,1H3. The predicted octanol–water partition coefficient (Wildman–Crippen LogP) is 4.39. The lowest BCUT2D eigenvalue weighted by atomic mass is 10.0. The van der Waals surface area contributed by atoms with Crippen LogP contribution in [-0.2, 0) is 0 Å². The number of nitrogens with one attached hydrogen (secondary N) is 1. The zero-order valence-corrected chi connectivity index (χ0v) is 12.4. The Morgan fingerprint density at radius 3 is 2.75 bits per heavy atom. The number of fused-ring (bicyclic) bond motifs is 1. The minimum absolute atomic E-state index is 0.326. The molecule has 20 heavy (non-hydrogen) atoms. The molecule has 0 radical (unpaired) electrons. The molecule has 104 valence electrons. The third kappa shape index (κ3) is 2.69. The molecule has 0 bridgehead atoms. The van der Waals surface area contributed by atoms with Crippen LogP contribution < -0.4 is 5.32 Å². The largest absolute Gasteiger partial charge is 0.389 e. The molecule has 2 nitrogen and oxygen atoms in total. The van der Waals surface area contributed by atoms with Crippen LogP contribution in [0.1, 0.15) is 36.6 Å². The topological polar surface area (TPSA) is 32.3 Å². The van der Waals surface area contributed by atoms with Gasteiger partial charge >= 0.3 is 0 Å². The molecule has 3 heteroatoms. The van der Waals surface area contributed by atoms with Crippen molar-refractivity contribution in [3.63, 3.8) is 0 Å². The monoisotopic (exact) mass is 285 g/mol. The van der Waals surface area contributed by atoms with Crippen molar-refractivity contribution in [2.75, 3.05) is 11.1 Å². The van der Waals surface area contributed by atoms with E-state index in [0.29, 0.717) is 6.04 Å². The fraction of sp³-hybridized carbons (Fsp3) is 0.294. The lowest BCUT2D eigenvalue weighted by Crippen LogP contribution is -2.17. The van der Waals surface area contributed by atoms with Gasteiger partial charge in [0.1, 0.15) is 0 Å². The minimum atomic E-state index is -0.452. The number of rotatable bonds is 3. The molecule has 0 amide bonds. The van der Waals surface area contributed by atoms with Crippen LogP contribution in [0.25, 0.3) is 0 Å². The summed E-state index contributed by atoms with van der Waals surface area (Å²) in [6.45, 7) is 1.81. The quantitative estimate of drug-likeness (QED) is 0.877. The third-order valence-electron chi connectivity index (χ3n) is 3.70. The molecule has 0 spiro atoms. The first-order chi connectivity index (χ1) is 9.75. The number of para-hydroxylation sites is 1. The molecule has 3 rings (SSSR count). The molecule has 0 aliphatic carbocycles. The molecule has 1 heterocycles. The van der Waals surface area contributed by atoms with E-state index >= 15 is 0 Å². The van der Waals surface area contributed by atoms with Gasteiger partial charge in [-0.05, 0) is 31.0 Å². The van der Waals surface area contributed by atoms with E-state index in [2.05, 4.69) is 29.6 Å². The van der Waals surface area contributed by atoms with Crippen LogP contribution >= 0.6 is 11.8 Å². The highest BCUT2D eigenvalue weighted by Gasteiger charge is 2.21. The number of hydrogen-bond acceptors (Lipinski definition) is 3. The Hall–Kier alpha value is -1.45. The van der Waals surface area contributed by atoms with E-state index in [-0.39, 0.29) is 0 Å². The summed E-state index contributed by atoms with van der Waals surface area (Å²) in [7, 11) is 0. The van der Waals surface area contributed by atoms with E-state index in [1.807, 2.05) is 43.0 Å². The molecule has 2 aromatic rings. The van der Waals surface area contributed by atoms with Crippen LogP contribution in [0.4, 0.5) is 5.69 Å². The highest BCUT2D eigenvalue weighted by molar-refractivity contribution is 7.99. The number of aliphatic hydroxyl groups is 1. The SMILES string of the molecule is CC(O)c1ccccc1NC1CCSc2ccccc21. The summed E-state index contributed by atoms with van der Waals surface area (Å²) >= 11 is 1.92. The highest BCUT2D eigenvalue weighted by Crippen LogP contribution is 2.38. The second kappa shape index (κ2) is 5.90. The van der Waals surface area contributed by atoms with E-state index in [0.717, 1.165) is 23.4 Å². The van der Waals surface area contributed by atoms with Gasteiger partial charge in [0, 0.05) is 21.9 Å². The van der Waals surface area contributed by atoms with Crippen molar-refractivity contribution in [1.29, 1.82) is 0 Å². The maximum atomic E-state index is 9.89. The Kier molecular flexibility index (Phi) is 3.99. The van der Waals surface area contributed by atoms with Crippen molar-refractivity contribution in [2.45, 2.75) is 30.4 Å². The molecule has 0 aromatic heterocycles. The normalized spacial score (nSPS) is 19.2. The molecule has 2 atom stereocenters. The Morgan fingerprint density at radius 2 is 1.90 bits per heavy atom. The van der Waals surface area contributed by atoms with Crippen molar-refractivity contribution in [3.8, 4) is 0 Å². The Bertz CT molecular complexity index is 597. The van der Waals surface area contributed by atoms with Crippen molar-refractivity contribution < 1.29 is 5.11 Å². The molecule has 0 fully saturated rings. The third-order valence-corrected chi connectivity index (χ3v) is 4.82. The van der Waals surface area contributed by atoms with Gasteiger partial charge in [-0.2, -0.15) is 0 Å². The van der Waals surface area contributed by atoms with Gasteiger partial charge in [-0.1, -0.05) is 36.4 Å². The molecule has 2 unspecified atom stereocenters. The molecule has 2 N–H and O–H groups in total. The maximum absolute atomic E-state index is 9.89. The summed E-state index contributed by atoms with van der Waals surface area (Å²) in [4.78, 5) is 1.37. The summed E-state index contributed by atoms with van der Waals surface area (Å²) in [6, 6.07) is 16.9. The van der Waals surface area contributed by atoms with Crippen molar-refractivity contribution >= 4 is 17.4 Å². The van der Waals surface area contributed by atoms with Crippen LogP contribution in [-0.4, -0.2) is 10.9 Å². The lowest BCUT2D eigenvalue weighted by molar-refractivity contribution is 0.200. The molecular weight excluding hydrogens is 266 g/mol. The van der Waals surface area contributed by atoms with Crippen molar-refractivity contribution in [2.24, 2.45) is 0 Å². The molecule has 1 aliphatic rings. The van der Waals surface area contributed by atoms with Gasteiger partial charge in [0.05, 0.1) is 12.1 Å². The lowest BCUT2D eigenvalue weighted by Gasteiger charge is -2.28. The molecule has 2 aromatic carbocycles. The van der Waals surface area contributed by atoms with Crippen LogP contribution in [0.3, 0.4) is 0 Å². The summed E-state index contributed by atoms with van der Waals surface area (Å²) in [5.41, 5.74) is 3.36. The van der Waals surface area contributed by atoms with E-state index in [1.54, 1.807) is 0 Å². The van der Waals surface area contributed by atoms with Crippen LogP contribution in [0.15, 0.2) is 53.4 Å². The minimum Gasteiger partial charge on any atom is -0.389 e. The van der Waals surface area contributed by atoms with Crippen LogP contribution in [0.5, 0.6) is 0 Å². The van der Waals surface area contributed by atoms with Gasteiger partial charge < -0.3 is 10.4 Å². The van der Waals surface area contributed by atoms with Gasteiger partial charge in [0.15, 0.2) is 0 Å². The number of aliphatic hydroxyl groups excluding tert-OH is 1. The molecule has 0 saturated carbocycles. The summed E-state index contributed by atoms with van der Waals surface area (Å²) in [6.07, 6.45) is 0.655. The Balaban J connectivity index is 1.90. The van der Waals surface area contributed by atoms with E-state index in [9.17, 15) is 5.11 Å². The zero-order valence-electron chi connectivity index (χ0n) is 11.5. The van der Waals surface area contributed by atoms with Crippen molar-refractivity contribution in [1.82, 2.24) is 0 Å². The van der Waals surface area contributed by atoms with Gasteiger partial charge in [0.25, 0.3) is 0 Å². The van der Waals surface area contributed by atoms with E-state index < -0.39 is 6.10 Å². The van der Waals surface area contributed by atoms with Crippen LogP contribution in [0, 0.1) is 0 Å². The zero-order chi connectivity index (χ0) is 13.9. The second-order valence-corrected chi connectivity index (χ2v) is 6.27. The highest BCUT2D eigenvalue weighted by atomic mass is 32.2. The average Bonchev–Trinajstić information content (AvgIpc) is 2.48. The van der Waals surface area contributed by atoms with E-state index in [1.165, 1.54) is 10.5 Å². The fourth-order valence-corrected chi connectivity index (χ4v) is 3.80. The Labute approximate surface area is 124 Å². The number of thioether (sulfide) groups is 1. The fourth-order valence-electron chi connectivity index (χ4n) is 2.67. The summed E-state index contributed by atoms with van der Waals surface area (Å²) in [5.74, 6) is 1.13. The smallest absolute Gasteiger partial charge is 0.0781 e. The van der Waals surface area contributed by atoms with Gasteiger partial charge in [0.2, 0.25) is 0 Å². The van der Waals surface area contributed by atoms with Crippen LogP contribution in [0.2, 0.25) is 0 Å². The summed E-state index contributed by atoms with van der Waals surface area (Å²) < 4.78 is 0. The van der Waals surface area contributed by atoms with E-state index in [4.69, 9.17) is 0 Å². The average molecular weight is 285 g/mol. The number of hydrogen-bond donors (Lipinski definition) is 2. The van der Waals surface area contributed by atoms with Crippen molar-refractivity contribution in [3.05, 3.63) is 59.7 Å². The molecule has 1 aliphatic heterocycles. The first-order valence-corrected chi connectivity index (χ1v) is 7.99. The van der Waals surface area contributed by atoms with Gasteiger partial charge in [-0.15, -0.1) is 11.8 Å². The van der Waals surface area contributed by atoms with Gasteiger partial charge in [-0.25, -0.2) is 0 Å². The predicted molar refractivity (Wildman–Crippen MR) is 85.2 cm³/mol.